The summed E-state index contributed by atoms with van der Waals surface area (Å²) in [4.78, 5) is 25.1. The van der Waals surface area contributed by atoms with Crippen LogP contribution in [0, 0.1) is 0 Å². The van der Waals surface area contributed by atoms with Gasteiger partial charge in [0.2, 0.25) is 5.91 Å². The number of nitrogens with zero attached hydrogens (tertiary/aromatic N) is 3. The predicted octanol–water partition coefficient (Wildman–Crippen LogP) is 3.27. The van der Waals surface area contributed by atoms with Crippen molar-refractivity contribution in [2.45, 2.75) is 31.2 Å². The van der Waals surface area contributed by atoms with E-state index in [0.29, 0.717) is 6.54 Å². The molecule has 0 unspecified atom stereocenters. The SMILES string of the molecule is O=C(C(c1ccccc1)c1ccccc1)N1CC[C@H](c2ncc3c(n2)CCNC3)C1. The van der Waals surface area contributed by atoms with Gasteiger partial charge < -0.3 is 10.2 Å². The van der Waals surface area contributed by atoms with Crippen molar-refractivity contribution in [3.05, 3.63) is 95.1 Å². The van der Waals surface area contributed by atoms with E-state index in [0.717, 1.165) is 55.1 Å². The van der Waals surface area contributed by atoms with E-state index < -0.39 is 0 Å². The summed E-state index contributed by atoms with van der Waals surface area (Å²) in [7, 11) is 0. The number of benzene rings is 2. The molecule has 30 heavy (non-hydrogen) atoms. The molecule has 0 aliphatic carbocycles. The summed E-state index contributed by atoms with van der Waals surface area (Å²) < 4.78 is 0. The zero-order valence-corrected chi connectivity index (χ0v) is 17.0. The first-order valence-corrected chi connectivity index (χ1v) is 10.7. The Morgan fingerprint density at radius 1 is 1.03 bits per heavy atom. The fraction of sp³-hybridized carbons (Fsp3) is 0.320. The van der Waals surface area contributed by atoms with Crippen molar-refractivity contribution in [2.24, 2.45) is 0 Å². The first kappa shape index (κ1) is 18.9. The number of amides is 1. The van der Waals surface area contributed by atoms with Crippen LogP contribution in [-0.2, 0) is 17.8 Å². The molecule has 1 N–H and O–H groups in total. The van der Waals surface area contributed by atoms with E-state index in [9.17, 15) is 4.79 Å². The van der Waals surface area contributed by atoms with Gasteiger partial charge in [-0.2, -0.15) is 0 Å². The molecule has 1 atom stereocenters. The lowest BCUT2D eigenvalue weighted by molar-refractivity contribution is -0.130. The summed E-state index contributed by atoms with van der Waals surface area (Å²) in [5.41, 5.74) is 4.43. The second-order valence-electron chi connectivity index (χ2n) is 8.15. The Kier molecular flexibility index (Phi) is 5.28. The van der Waals surface area contributed by atoms with Crippen molar-refractivity contribution in [1.82, 2.24) is 20.2 Å². The van der Waals surface area contributed by atoms with E-state index in [1.165, 1.54) is 5.56 Å². The van der Waals surface area contributed by atoms with Crippen molar-refractivity contribution in [2.75, 3.05) is 19.6 Å². The Morgan fingerprint density at radius 3 is 2.43 bits per heavy atom. The van der Waals surface area contributed by atoms with Crippen molar-refractivity contribution in [1.29, 1.82) is 0 Å². The van der Waals surface area contributed by atoms with Gasteiger partial charge in [-0.1, -0.05) is 60.7 Å². The molecule has 2 aliphatic heterocycles. The van der Waals surface area contributed by atoms with E-state index in [2.05, 4.69) is 10.3 Å². The monoisotopic (exact) mass is 398 g/mol. The fourth-order valence-electron chi connectivity index (χ4n) is 4.57. The van der Waals surface area contributed by atoms with Gasteiger partial charge in [-0.25, -0.2) is 9.97 Å². The number of nitrogens with one attached hydrogen (secondary N) is 1. The van der Waals surface area contributed by atoms with Gasteiger partial charge in [-0.3, -0.25) is 4.79 Å². The minimum absolute atomic E-state index is 0.164. The molecule has 1 saturated heterocycles. The Labute approximate surface area is 177 Å². The summed E-state index contributed by atoms with van der Waals surface area (Å²) in [5, 5.41) is 3.36. The maximum Gasteiger partial charge on any atom is 0.234 e. The third-order valence-electron chi connectivity index (χ3n) is 6.20. The van der Waals surface area contributed by atoms with Crippen LogP contribution in [0.25, 0.3) is 0 Å². The molecule has 3 aromatic rings. The lowest BCUT2D eigenvalue weighted by atomic mass is 9.90. The molecule has 1 aromatic heterocycles. The van der Waals surface area contributed by atoms with E-state index in [1.54, 1.807) is 0 Å². The maximum atomic E-state index is 13.6. The molecule has 5 heteroatoms. The van der Waals surface area contributed by atoms with Gasteiger partial charge in [0, 0.05) is 56.0 Å². The fourth-order valence-corrected chi connectivity index (χ4v) is 4.57. The summed E-state index contributed by atoms with van der Waals surface area (Å²) in [6, 6.07) is 20.2. The van der Waals surface area contributed by atoms with E-state index in [1.807, 2.05) is 71.8 Å². The van der Waals surface area contributed by atoms with Crippen LogP contribution in [0.15, 0.2) is 66.9 Å². The molecule has 5 rings (SSSR count). The minimum atomic E-state index is -0.276. The first-order valence-electron chi connectivity index (χ1n) is 10.7. The lowest BCUT2D eigenvalue weighted by Gasteiger charge is -2.24. The van der Waals surface area contributed by atoms with E-state index >= 15 is 0 Å². The van der Waals surface area contributed by atoms with Crippen LogP contribution in [-0.4, -0.2) is 40.4 Å². The first-order chi connectivity index (χ1) is 14.8. The van der Waals surface area contributed by atoms with Crippen LogP contribution < -0.4 is 5.32 Å². The number of likely N-dealkylation sites (tertiary alicyclic amines) is 1. The highest BCUT2D eigenvalue weighted by atomic mass is 16.2. The molecule has 0 saturated carbocycles. The van der Waals surface area contributed by atoms with Crippen LogP contribution >= 0.6 is 0 Å². The lowest BCUT2D eigenvalue weighted by Crippen LogP contribution is -2.34. The van der Waals surface area contributed by atoms with Crippen molar-refractivity contribution in [3.8, 4) is 0 Å². The highest BCUT2D eigenvalue weighted by Crippen LogP contribution is 2.32. The second kappa shape index (κ2) is 8.36. The van der Waals surface area contributed by atoms with Gasteiger partial charge in [0.15, 0.2) is 0 Å². The molecule has 5 nitrogen and oxygen atoms in total. The van der Waals surface area contributed by atoms with Gasteiger partial charge in [0.1, 0.15) is 5.82 Å². The topological polar surface area (TPSA) is 58.1 Å². The Hall–Kier alpha value is -3.05. The molecule has 2 aliphatic rings. The number of hydrogen-bond acceptors (Lipinski definition) is 4. The predicted molar refractivity (Wildman–Crippen MR) is 116 cm³/mol. The van der Waals surface area contributed by atoms with Crippen LogP contribution in [0.1, 0.15) is 46.5 Å². The molecule has 152 valence electrons. The van der Waals surface area contributed by atoms with Crippen LogP contribution in [0.2, 0.25) is 0 Å². The number of fused-ring (bicyclic) bond motifs is 1. The van der Waals surface area contributed by atoms with E-state index in [-0.39, 0.29) is 17.7 Å². The maximum absolute atomic E-state index is 13.6. The average Bonchev–Trinajstić information content (AvgIpc) is 3.31. The Bertz CT molecular complexity index is 982. The number of aromatic nitrogens is 2. The molecule has 3 heterocycles. The van der Waals surface area contributed by atoms with Gasteiger partial charge in [-0.05, 0) is 17.5 Å². The molecule has 0 spiro atoms. The number of rotatable bonds is 4. The largest absolute Gasteiger partial charge is 0.341 e. The summed E-state index contributed by atoms with van der Waals surface area (Å²) in [6.07, 6.45) is 3.83. The van der Waals surface area contributed by atoms with Crippen molar-refractivity contribution in [3.63, 3.8) is 0 Å². The second-order valence-corrected chi connectivity index (χ2v) is 8.15. The average molecular weight is 399 g/mol. The van der Waals surface area contributed by atoms with Crippen LogP contribution in [0.5, 0.6) is 0 Å². The standard InChI is InChI=1S/C25H26N4O/c30-25(23(18-7-3-1-4-8-18)19-9-5-2-6-10-19)29-14-12-20(17-29)24-27-16-21-15-26-13-11-22(21)28-24/h1-10,16,20,23,26H,11-15,17H2/t20-/m0/s1. The molecule has 2 aromatic carbocycles. The molecular weight excluding hydrogens is 372 g/mol. The smallest absolute Gasteiger partial charge is 0.234 e. The highest BCUT2D eigenvalue weighted by Gasteiger charge is 2.34. The number of carbonyl (C=O) groups excluding carboxylic acids is 1. The van der Waals surface area contributed by atoms with Gasteiger partial charge in [0.25, 0.3) is 0 Å². The quantitative estimate of drug-likeness (QED) is 0.733. The van der Waals surface area contributed by atoms with Crippen LogP contribution in [0.4, 0.5) is 0 Å². The Balaban J connectivity index is 1.38. The van der Waals surface area contributed by atoms with Crippen molar-refractivity contribution >= 4 is 5.91 Å². The summed E-state index contributed by atoms with van der Waals surface area (Å²) >= 11 is 0. The molecule has 1 fully saturated rings. The summed E-state index contributed by atoms with van der Waals surface area (Å²) in [5.74, 6) is 0.988. The van der Waals surface area contributed by atoms with Gasteiger partial charge >= 0.3 is 0 Å². The molecule has 0 bridgehead atoms. The minimum Gasteiger partial charge on any atom is -0.341 e. The number of carbonyl (C=O) groups is 1. The number of hydrogen-bond donors (Lipinski definition) is 1. The normalized spacial score (nSPS) is 18.4. The molecule has 1 amide bonds. The van der Waals surface area contributed by atoms with Crippen molar-refractivity contribution < 1.29 is 4.79 Å². The molecule has 0 radical (unpaired) electrons. The highest BCUT2D eigenvalue weighted by molar-refractivity contribution is 5.87. The zero-order chi connectivity index (χ0) is 20.3. The van der Waals surface area contributed by atoms with Crippen LogP contribution in [0.3, 0.4) is 0 Å². The third-order valence-corrected chi connectivity index (χ3v) is 6.20. The third kappa shape index (κ3) is 3.73. The zero-order valence-electron chi connectivity index (χ0n) is 17.0. The Morgan fingerprint density at radius 2 is 1.73 bits per heavy atom. The summed E-state index contributed by atoms with van der Waals surface area (Å²) in [6.45, 7) is 3.25. The van der Waals surface area contributed by atoms with Gasteiger partial charge in [0.05, 0.1) is 5.92 Å². The van der Waals surface area contributed by atoms with Gasteiger partial charge in [-0.15, -0.1) is 0 Å². The van der Waals surface area contributed by atoms with E-state index in [4.69, 9.17) is 4.98 Å². The molecular formula is C25H26N4O.